The molecule has 0 heterocycles. The molecule has 2 aromatic rings. The van der Waals surface area contributed by atoms with Gasteiger partial charge in [-0.15, -0.1) is 0 Å². The first-order valence-electron chi connectivity index (χ1n) is 7.53. The quantitative estimate of drug-likeness (QED) is 0.791. The Morgan fingerprint density at radius 1 is 1.12 bits per heavy atom. The molecule has 2 rings (SSSR count). The fourth-order valence-corrected chi connectivity index (χ4v) is 3.44. The number of halogens is 1. The summed E-state index contributed by atoms with van der Waals surface area (Å²) in [5.74, 6) is 0.735. The van der Waals surface area contributed by atoms with E-state index < -0.39 is 10.0 Å². The molecule has 1 N–H and O–H groups in total. The molecule has 2 aromatic carbocycles. The van der Waals surface area contributed by atoms with Crippen LogP contribution >= 0.6 is 11.6 Å². The highest BCUT2D eigenvalue weighted by atomic mass is 35.5. The Hall–Kier alpha value is -1.82. The number of hydrogen-bond donors (Lipinski definition) is 1. The van der Waals surface area contributed by atoms with Crippen LogP contribution in [0.1, 0.15) is 30.5 Å². The highest BCUT2D eigenvalue weighted by Gasteiger charge is 2.15. The Morgan fingerprint density at radius 2 is 1.75 bits per heavy atom. The minimum absolute atomic E-state index is 0.296. The van der Waals surface area contributed by atoms with Crippen molar-refractivity contribution in [3.63, 3.8) is 0 Å². The summed E-state index contributed by atoms with van der Waals surface area (Å²) < 4.78 is 32.4. The average molecular weight is 366 g/mol. The van der Waals surface area contributed by atoms with E-state index in [9.17, 15) is 8.42 Å². The van der Waals surface area contributed by atoms with Crippen molar-refractivity contribution in [2.75, 3.05) is 7.11 Å². The highest BCUT2D eigenvalue weighted by Crippen LogP contribution is 2.21. The minimum Gasteiger partial charge on any atom is -0.497 e. The van der Waals surface area contributed by atoms with Gasteiger partial charge in [0.2, 0.25) is 10.0 Å². The summed E-state index contributed by atoms with van der Waals surface area (Å²) in [4.78, 5) is 0. The second-order valence-corrected chi connectivity index (χ2v) is 7.29. The predicted octanol–water partition coefficient (Wildman–Crippen LogP) is 4.39. The molecule has 0 aliphatic carbocycles. The number of methoxy groups -OCH3 is 1. The fraction of sp³-hybridized carbons (Fsp3) is 0.222. The van der Waals surface area contributed by atoms with Crippen molar-refractivity contribution in [3.8, 4) is 5.75 Å². The Kier molecular flexibility index (Phi) is 6.43. The molecule has 0 saturated carbocycles. The second kappa shape index (κ2) is 8.33. The summed E-state index contributed by atoms with van der Waals surface area (Å²) in [5.41, 5.74) is 1.66. The van der Waals surface area contributed by atoms with Gasteiger partial charge in [-0.05, 0) is 47.9 Å². The first-order chi connectivity index (χ1) is 11.4. The molecule has 4 nitrogen and oxygen atoms in total. The summed E-state index contributed by atoms with van der Waals surface area (Å²) in [6.07, 6.45) is 2.18. The molecule has 0 radical (unpaired) electrons. The molecule has 0 bridgehead atoms. The standard InChI is InChI=1S/C18H20ClNO3S/c1-3-18(15-6-10-17(23-2)11-7-15)20-24(21,22)13-12-14-4-8-16(19)9-5-14/h4-13,18,20H,3H2,1-2H3/b13-12+. The van der Waals surface area contributed by atoms with E-state index in [2.05, 4.69) is 4.72 Å². The molecule has 6 heteroatoms. The van der Waals surface area contributed by atoms with E-state index in [1.54, 1.807) is 37.5 Å². The first kappa shape index (κ1) is 18.5. The summed E-state index contributed by atoms with van der Waals surface area (Å²) >= 11 is 5.82. The lowest BCUT2D eigenvalue weighted by Gasteiger charge is -2.16. The van der Waals surface area contributed by atoms with Crippen LogP contribution in [0.5, 0.6) is 5.75 Å². The first-order valence-corrected chi connectivity index (χ1v) is 9.46. The largest absolute Gasteiger partial charge is 0.497 e. The van der Waals surface area contributed by atoms with E-state index in [1.807, 2.05) is 31.2 Å². The van der Waals surface area contributed by atoms with Crippen molar-refractivity contribution < 1.29 is 13.2 Å². The lowest BCUT2D eigenvalue weighted by Crippen LogP contribution is -2.26. The maximum Gasteiger partial charge on any atom is 0.234 e. The van der Waals surface area contributed by atoms with Crippen LogP contribution in [-0.2, 0) is 10.0 Å². The van der Waals surface area contributed by atoms with Crippen LogP contribution in [0.4, 0.5) is 0 Å². The molecule has 0 spiro atoms. The third kappa shape index (κ3) is 5.37. The average Bonchev–Trinajstić information content (AvgIpc) is 2.59. The molecule has 0 aliphatic rings. The van der Waals surface area contributed by atoms with E-state index in [-0.39, 0.29) is 6.04 Å². The normalized spacial score (nSPS) is 13.1. The molecule has 128 valence electrons. The monoisotopic (exact) mass is 365 g/mol. The van der Waals surface area contributed by atoms with Gasteiger partial charge in [-0.1, -0.05) is 42.8 Å². The minimum atomic E-state index is -3.56. The van der Waals surface area contributed by atoms with Crippen molar-refractivity contribution in [3.05, 3.63) is 70.1 Å². The molecular formula is C18H20ClNO3S. The van der Waals surface area contributed by atoms with Gasteiger partial charge in [0.15, 0.2) is 0 Å². The van der Waals surface area contributed by atoms with Gasteiger partial charge in [-0.2, -0.15) is 0 Å². The molecule has 0 saturated heterocycles. The van der Waals surface area contributed by atoms with Gasteiger partial charge in [0.1, 0.15) is 5.75 Å². The zero-order valence-electron chi connectivity index (χ0n) is 13.6. The second-order valence-electron chi connectivity index (χ2n) is 5.25. The Bertz CT molecular complexity index is 784. The van der Waals surface area contributed by atoms with Crippen LogP contribution in [0.3, 0.4) is 0 Å². The zero-order valence-corrected chi connectivity index (χ0v) is 15.1. The van der Waals surface area contributed by atoms with Crippen molar-refractivity contribution >= 4 is 27.7 Å². The van der Waals surface area contributed by atoms with Crippen molar-refractivity contribution in [2.24, 2.45) is 0 Å². The van der Waals surface area contributed by atoms with Gasteiger partial charge in [0.25, 0.3) is 0 Å². The summed E-state index contributed by atoms with van der Waals surface area (Å²) in [6.45, 7) is 1.93. The van der Waals surface area contributed by atoms with Gasteiger partial charge in [0, 0.05) is 16.5 Å². The molecule has 0 aromatic heterocycles. The highest BCUT2D eigenvalue weighted by molar-refractivity contribution is 7.92. The topological polar surface area (TPSA) is 55.4 Å². The molecule has 1 unspecified atom stereocenters. The van der Waals surface area contributed by atoms with Crippen LogP contribution in [0.25, 0.3) is 6.08 Å². The molecule has 0 amide bonds. The van der Waals surface area contributed by atoms with E-state index in [4.69, 9.17) is 16.3 Å². The number of rotatable bonds is 7. The molecule has 0 fully saturated rings. The van der Waals surface area contributed by atoms with E-state index in [0.29, 0.717) is 11.4 Å². The fourth-order valence-electron chi connectivity index (χ4n) is 2.20. The van der Waals surface area contributed by atoms with Crippen LogP contribution in [-0.4, -0.2) is 15.5 Å². The van der Waals surface area contributed by atoms with Crippen molar-refractivity contribution in [1.29, 1.82) is 0 Å². The van der Waals surface area contributed by atoms with Gasteiger partial charge in [0.05, 0.1) is 7.11 Å². The summed E-state index contributed by atoms with van der Waals surface area (Å²) in [6, 6.07) is 14.0. The summed E-state index contributed by atoms with van der Waals surface area (Å²) in [7, 11) is -1.97. The third-order valence-electron chi connectivity index (χ3n) is 3.54. The van der Waals surface area contributed by atoms with Gasteiger partial charge >= 0.3 is 0 Å². The van der Waals surface area contributed by atoms with E-state index in [0.717, 1.165) is 16.9 Å². The number of sulfonamides is 1. The maximum atomic E-state index is 12.3. The predicted molar refractivity (Wildman–Crippen MR) is 98.6 cm³/mol. The summed E-state index contributed by atoms with van der Waals surface area (Å²) in [5, 5.41) is 1.78. The van der Waals surface area contributed by atoms with E-state index in [1.165, 1.54) is 5.41 Å². The maximum absolute atomic E-state index is 12.3. The smallest absolute Gasteiger partial charge is 0.234 e. The van der Waals surface area contributed by atoms with Gasteiger partial charge in [-0.3, -0.25) is 0 Å². The van der Waals surface area contributed by atoms with Gasteiger partial charge in [-0.25, -0.2) is 13.1 Å². The number of benzene rings is 2. The van der Waals surface area contributed by atoms with Crippen molar-refractivity contribution in [1.82, 2.24) is 4.72 Å². The Balaban J connectivity index is 2.11. The van der Waals surface area contributed by atoms with Crippen LogP contribution in [0.2, 0.25) is 5.02 Å². The third-order valence-corrected chi connectivity index (χ3v) is 4.90. The zero-order chi connectivity index (χ0) is 17.6. The van der Waals surface area contributed by atoms with Gasteiger partial charge < -0.3 is 4.74 Å². The number of hydrogen-bond acceptors (Lipinski definition) is 3. The molecule has 1 atom stereocenters. The Labute approximate surface area is 148 Å². The van der Waals surface area contributed by atoms with Crippen LogP contribution in [0, 0.1) is 0 Å². The number of nitrogens with one attached hydrogen (secondary N) is 1. The van der Waals surface area contributed by atoms with Crippen LogP contribution < -0.4 is 9.46 Å². The number of ether oxygens (including phenoxy) is 1. The Morgan fingerprint density at radius 3 is 2.29 bits per heavy atom. The van der Waals surface area contributed by atoms with Crippen molar-refractivity contribution in [2.45, 2.75) is 19.4 Å². The molecule has 24 heavy (non-hydrogen) atoms. The molecule has 0 aliphatic heterocycles. The molecular weight excluding hydrogens is 346 g/mol. The van der Waals surface area contributed by atoms with Crippen LogP contribution in [0.15, 0.2) is 53.9 Å². The lowest BCUT2D eigenvalue weighted by molar-refractivity contribution is 0.414. The van der Waals surface area contributed by atoms with E-state index >= 15 is 0 Å². The SMILES string of the molecule is CCC(NS(=O)(=O)/C=C/c1ccc(Cl)cc1)c1ccc(OC)cc1. The lowest BCUT2D eigenvalue weighted by atomic mass is 10.1.